The van der Waals surface area contributed by atoms with Crippen LogP contribution in [0.1, 0.15) is 25.5 Å². The minimum Gasteiger partial charge on any atom is -0.341 e. The number of piperidine rings is 1. The predicted molar refractivity (Wildman–Crippen MR) is 117 cm³/mol. The second kappa shape index (κ2) is 7.24. The summed E-state index contributed by atoms with van der Waals surface area (Å²) in [6.45, 7) is 4.66. The van der Waals surface area contributed by atoms with Gasteiger partial charge in [0.25, 0.3) is 5.56 Å². The Balaban J connectivity index is 1.59. The lowest BCUT2D eigenvalue weighted by atomic mass is 10.1. The summed E-state index contributed by atoms with van der Waals surface area (Å²) in [4.78, 5) is 20.3. The van der Waals surface area contributed by atoms with Crippen molar-refractivity contribution < 1.29 is 0 Å². The maximum atomic E-state index is 13.4. The molecule has 1 aromatic carbocycles. The SMILES string of the molecule is CCn1c(N2CCC[C@@H](N)C2)nc2cnn(Cc3nn(C)c4ccccc34)c(=O)c21. The molecule has 0 amide bonds. The molecule has 9 nitrogen and oxygen atoms in total. The zero-order valence-electron chi connectivity index (χ0n) is 17.3. The standard InChI is InChI=1S/C21H26N8O/c1-3-28-19-16(24-21(28)27-10-6-7-14(22)12-27)11-23-29(20(19)30)13-17-15-8-4-5-9-18(15)26(2)25-17/h4-5,8-9,11,14H,3,6-7,10,12-13,22H2,1-2H3/t14-/m1/s1. The average molecular weight is 406 g/mol. The number of hydrogen-bond acceptors (Lipinski definition) is 6. The molecule has 30 heavy (non-hydrogen) atoms. The number of para-hydroxylation sites is 1. The summed E-state index contributed by atoms with van der Waals surface area (Å²) in [6, 6.07) is 8.14. The van der Waals surface area contributed by atoms with Crippen LogP contribution in [0.15, 0.2) is 35.3 Å². The van der Waals surface area contributed by atoms with E-state index in [-0.39, 0.29) is 11.6 Å². The van der Waals surface area contributed by atoms with E-state index >= 15 is 0 Å². The van der Waals surface area contributed by atoms with Crippen molar-refractivity contribution in [2.75, 3.05) is 18.0 Å². The second-order valence-corrected chi connectivity index (χ2v) is 7.93. The summed E-state index contributed by atoms with van der Waals surface area (Å²) in [5, 5.41) is 10.0. The van der Waals surface area contributed by atoms with Crippen molar-refractivity contribution >= 4 is 27.9 Å². The van der Waals surface area contributed by atoms with Crippen LogP contribution in [0, 0.1) is 0 Å². The van der Waals surface area contributed by atoms with E-state index in [1.807, 2.05) is 47.5 Å². The monoisotopic (exact) mass is 406 g/mol. The first-order valence-electron chi connectivity index (χ1n) is 10.4. The molecule has 4 heterocycles. The van der Waals surface area contributed by atoms with E-state index in [4.69, 9.17) is 10.7 Å². The number of aryl methyl sites for hydroxylation is 2. The zero-order valence-corrected chi connectivity index (χ0v) is 17.3. The van der Waals surface area contributed by atoms with Gasteiger partial charge in [-0.3, -0.25) is 9.48 Å². The molecule has 0 spiro atoms. The van der Waals surface area contributed by atoms with Gasteiger partial charge in [-0.25, -0.2) is 9.67 Å². The van der Waals surface area contributed by atoms with Gasteiger partial charge in [0.15, 0.2) is 0 Å². The number of benzene rings is 1. The number of nitrogens with zero attached hydrogens (tertiary/aromatic N) is 7. The molecule has 0 radical (unpaired) electrons. The number of aromatic nitrogens is 6. The van der Waals surface area contributed by atoms with Crippen molar-refractivity contribution in [2.45, 2.75) is 38.9 Å². The average Bonchev–Trinajstić information content (AvgIpc) is 3.29. The van der Waals surface area contributed by atoms with Gasteiger partial charge in [0.05, 0.1) is 24.0 Å². The van der Waals surface area contributed by atoms with E-state index in [0.29, 0.717) is 24.1 Å². The molecule has 1 aliphatic heterocycles. The first kappa shape index (κ1) is 18.8. The number of imidazole rings is 1. The molecule has 0 unspecified atom stereocenters. The minimum absolute atomic E-state index is 0.135. The molecule has 1 fully saturated rings. The Labute approximate surface area is 173 Å². The Hall–Kier alpha value is -3.20. The van der Waals surface area contributed by atoms with Crippen LogP contribution in [-0.2, 0) is 20.1 Å². The third-order valence-corrected chi connectivity index (χ3v) is 5.92. The van der Waals surface area contributed by atoms with Crippen molar-refractivity contribution in [3.8, 4) is 0 Å². The highest BCUT2D eigenvalue weighted by Crippen LogP contribution is 2.23. The molecule has 1 aliphatic rings. The third kappa shape index (κ3) is 2.97. The van der Waals surface area contributed by atoms with E-state index in [0.717, 1.165) is 48.5 Å². The Morgan fingerprint density at radius 3 is 2.90 bits per heavy atom. The lowest BCUT2D eigenvalue weighted by Gasteiger charge is -2.31. The molecule has 1 saturated heterocycles. The topological polar surface area (TPSA) is 99.8 Å². The van der Waals surface area contributed by atoms with Crippen LogP contribution in [0.25, 0.3) is 21.9 Å². The summed E-state index contributed by atoms with van der Waals surface area (Å²) in [6.07, 6.45) is 3.74. The van der Waals surface area contributed by atoms with E-state index in [9.17, 15) is 4.79 Å². The molecule has 0 aliphatic carbocycles. The van der Waals surface area contributed by atoms with Gasteiger partial charge in [0, 0.05) is 38.1 Å². The predicted octanol–water partition coefficient (Wildman–Crippen LogP) is 1.48. The van der Waals surface area contributed by atoms with Crippen molar-refractivity contribution in [1.29, 1.82) is 0 Å². The largest absolute Gasteiger partial charge is 0.341 e. The van der Waals surface area contributed by atoms with E-state index < -0.39 is 0 Å². The van der Waals surface area contributed by atoms with Crippen LogP contribution in [0.3, 0.4) is 0 Å². The van der Waals surface area contributed by atoms with Crippen molar-refractivity contribution in [3.05, 3.63) is 46.5 Å². The second-order valence-electron chi connectivity index (χ2n) is 7.93. The highest BCUT2D eigenvalue weighted by atomic mass is 16.1. The molecule has 2 N–H and O–H groups in total. The first-order chi connectivity index (χ1) is 14.6. The van der Waals surface area contributed by atoms with E-state index in [2.05, 4.69) is 15.1 Å². The summed E-state index contributed by atoms with van der Waals surface area (Å²) in [5.74, 6) is 0.808. The molecule has 1 atom stereocenters. The number of fused-ring (bicyclic) bond motifs is 2. The van der Waals surface area contributed by atoms with Gasteiger partial charge in [0.2, 0.25) is 5.95 Å². The van der Waals surface area contributed by atoms with Crippen LogP contribution >= 0.6 is 0 Å². The molecule has 156 valence electrons. The fourth-order valence-electron chi connectivity index (χ4n) is 4.47. The minimum atomic E-state index is -0.149. The maximum absolute atomic E-state index is 13.4. The number of hydrogen-bond donors (Lipinski definition) is 1. The van der Waals surface area contributed by atoms with Gasteiger partial charge >= 0.3 is 0 Å². The van der Waals surface area contributed by atoms with Gasteiger partial charge in [-0.05, 0) is 25.8 Å². The quantitative estimate of drug-likeness (QED) is 0.551. The highest BCUT2D eigenvalue weighted by molar-refractivity contribution is 5.82. The normalized spacial score (nSPS) is 17.3. The maximum Gasteiger partial charge on any atom is 0.293 e. The van der Waals surface area contributed by atoms with Crippen LogP contribution in [0.2, 0.25) is 0 Å². The van der Waals surface area contributed by atoms with Crippen LogP contribution in [0.4, 0.5) is 5.95 Å². The lowest BCUT2D eigenvalue weighted by molar-refractivity contribution is 0.494. The van der Waals surface area contributed by atoms with Crippen LogP contribution in [-0.4, -0.2) is 48.2 Å². The Morgan fingerprint density at radius 1 is 1.27 bits per heavy atom. The third-order valence-electron chi connectivity index (χ3n) is 5.92. The number of nitrogens with two attached hydrogens (primary N) is 1. The Bertz CT molecular complexity index is 1280. The first-order valence-corrected chi connectivity index (χ1v) is 10.4. The summed E-state index contributed by atoms with van der Waals surface area (Å²) in [7, 11) is 1.91. The Morgan fingerprint density at radius 2 is 2.10 bits per heavy atom. The summed E-state index contributed by atoms with van der Waals surface area (Å²) < 4.78 is 5.31. The van der Waals surface area contributed by atoms with Crippen molar-refractivity contribution in [2.24, 2.45) is 12.8 Å². The van der Waals surface area contributed by atoms with Crippen molar-refractivity contribution in [3.63, 3.8) is 0 Å². The molecular weight excluding hydrogens is 380 g/mol. The smallest absolute Gasteiger partial charge is 0.293 e. The molecule has 4 aromatic rings. The number of rotatable bonds is 4. The summed E-state index contributed by atoms with van der Waals surface area (Å²) >= 11 is 0. The van der Waals surface area contributed by atoms with E-state index in [1.165, 1.54) is 4.68 Å². The fourth-order valence-corrected chi connectivity index (χ4v) is 4.47. The zero-order chi connectivity index (χ0) is 20.8. The molecule has 0 bridgehead atoms. The molecule has 5 rings (SSSR count). The summed E-state index contributed by atoms with van der Waals surface area (Å²) in [5.41, 5.74) is 9.09. The molecular formula is C21H26N8O. The van der Waals surface area contributed by atoms with Gasteiger partial charge in [-0.15, -0.1) is 0 Å². The lowest BCUT2D eigenvalue weighted by Crippen LogP contribution is -2.44. The molecule has 0 saturated carbocycles. The fraction of sp³-hybridized carbons (Fsp3) is 0.429. The Kier molecular flexibility index (Phi) is 4.54. The molecule has 9 heteroatoms. The van der Waals surface area contributed by atoms with Crippen molar-refractivity contribution in [1.82, 2.24) is 29.1 Å². The van der Waals surface area contributed by atoms with Gasteiger partial charge in [-0.2, -0.15) is 10.2 Å². The number of anilines is 1. The molecule has 3 aromatic heterocycles. The van der Waals surface area contributed by atoms with Gasteiger partial charge in [0.1, 0.15) is 11.0 Å². The van der Waals surface area contributed by atoms with Crippen LogP contribution < -0.4 is 16.2 Å². The van der Waals surface area contributed by atoms with Crippen LogP contribution in [0.5, 0.6) is 0 Å². The van der Waals surface area contributed by atoms with Gasteiger partial charge in [-0.1, -0.05) is 18.2 Å². The van der Waals surface area contributed by atoms with Gasteiger partial charge < -0.3 is 15.2 Å². The highest BCUT2D eigenvalue weighted by Gasteiger charge is 2.24. The van der Waals surface area contributed by atoms with E-state index in [1.54, 1.807) is 6.20 Å².